The number of carbonyl (C=O) groups is 3. The molecule has 0 radical (unpaired) electrons. The van der Waals surface area contributed by atoms with Gasteiger partial charge in [0.05, 0.1) is 6.42 Å². The van der Waals surface area contributed by atoms with Crippen LogP contribution in [0.3, 0.4) is 0 Å². The fraction of sp³-hybridized carbons (Fsp3) is 0.667. The third-order valence-electron chi connectivity index (χ3n) is 5.88. The van der Waals surface area contributed by atoms with E-state index >= 15 is 0 Å². The van der Waals surface area contributed by atoms with Crippen LogP contribution in [0.2, 0.25) is 0 Å². The summed E-state index contributed by atoms with van der Waals surface area (Å²) < 4.78 is 2.30. The lowest BCUT2D eigenvalue weighted by atomic mass is 9.85. The molecule has 0 spiro atoms. The third kappa shape index (κ3) is 3.45. The minimum Gasteiger partial charge on any atom is -0.343 e. The molecule has 8 nitrogen and oxygen atoms in total. The van der Waals surface area contributed by atoms with E-state index < -0.39 is 18.0 Å². The average molecular weight is 359 g/mol. The molecule has 4 rings (SSSR count). The zero-order chi connectivity index (χ0) is 18.1. The number of amides is 4. The average Bonchev–Trinajstić information content (AvgIpc) is 3.17. The second-order valence-electron chi connectivity index (χ2n) is 7.61. The van der Waals surface area contributed by atoms with Crippen molar-refractivity contribution in [3.63, 3.8) is 0 Å². The first-order chi connectivity index (χ1) is 12.6. The number of rotatable bonds is 5. The third-order valence-corrected chi connectivity index (χ3v) is 5.88. The van der Waals surface area contributed by atoms with Crippen molar-refractivity contribution >= 4 is 17.8 Å². The molecule has 1 aromatic heterocycles. The number of nitrogens with zero attached hydrogens (tertiary/aromatic N) is 3. The molecule has 1 aromatic rings. The normalized spacial score (nSPS) is 24.3. The Kier molecular flexibility index (Phi) is 4.65. The number of likely N-dealkylation sites (tertiary alicyclic amines) is 1. The Morgan fingerprint density at radius 3 is 2.58 bits per heavy atom. The molecule has 1 aliphatic carbocycles. The quantitative estimate of drug-likeness (QED) is 0.766. The van der Waals surface area contributed by atoms with E-state index in [1.165, 1.54) is 19.3 Å². The first-order valence-electron chi connectivity index (χ1n) is 9.50. The van der Waals surface area contributed by atoms with Crippen molar-refractivity contribution in [1.29, 1.82) is 0 Å². The molecule has 3 fully saturated rings. The molecule has 0 aromatic carbocycles. The Bertz CT molecular complexity index is 703. The van der Waals surface area contributed by atoms with Gasteiger partial charge >= 0.3 is 6.03 Å². The van der Waals surface area contributed by atoms with E-state index in [1.54, 1.807) is 4.90 Å². The number of imidazole rings is 1. The van der Waals surface area contributed by atoms with Gasteiger partial charge in [0.1, 0.15) is 11.9 Å². The van der Waals surface area contributed by atoms with Crippen LogP contribution in [-0.4, -0.2) is 51.4 Å². The standard InChI is InChI=1S/C18H25N5O3/c24-15(10-14-17(25)21-18(26)20-14)22-7-4-13(5-8-22)16-19-6-9-23(16)11-12-2-1-3-12/h6,9,12-14H,1-5,7-8,10-11H2,(H2,20,21,25,26)/t14-/m1/s1. The molecule has 26 heavy (non-hydrogen) atoms. The maximum Gasteiger partial charge on any atom is 0.322 e. The fourth-order valence-corrected chi connectivity index (χ4v) is 4.08. The van der Waals surface area contributed by atoms with E-state index in [0.717, 1.165) is 31.1 Å². The van der Waals surface area contributed by atoms with Gasteiger partial charge in [-0.1, -0.05) is 6.42 Å². The lowest BCUT2D eigenvalue weighted by Gasteiger charge is -2.33. The predicted octanol–water partition coefficient (Wildman–Crippen LogP) is 0.987. The van der Waals surface area contributed by atoms with E-state index in [-0.39, 0.29) is 12.3 Å². The molecule has 3 aliphatic rings. The summed E-state index contributed by atoms with van der Waals surface area (Å²) in [5.74, 6) is 1.81. The van der Waals surface area contributed by atoms with Gasteiger partial charge < -0.3 is 14.8 Å². The van der Waals surface area contributed by atoms with Crippen molar-refractivity contribution < 1.29 is 14.4 Å². The first kappa shape index (κ1) is 17.1. The van der Waals surface area contributed by atoms with Crippen LogP contribution in [0.4, 0.5) is 4.79 Å². The number of piperidine rings is 1. The molecule has 8 heteroatoms. The van der Waals surface area contributed by atoms with Gasteiger partial charge in [0, 0.05) is 37.9 Å². The van der Waals surface area contributed by atoms with E-state index in [0.29, 0.717) is 19.0 Å². The van der Waals surface area contributed by atoms with E-state index in [4.69, 9.17) is 0 Å². The number of urea groups is 1. The lowest BCUT2D eigenvalue weighted by molar-refractivity contribution is -0.134. The number of hydrogen-bond acceptors (Lipinski definition) is 4. The number of carbonyl (C=O) groups excluding carboxylic acids is 3. The van der Waals surface area contributed by atoms with Crippen molar-refractivity contribution in [2.24, 2.45) is 5.92 Å². The number of aromatic nitrogens is 2. The Hall–Kier alpha value is -2.38. The van der Waals surface area contributed by atoms with Crippen molar-refractivity contribution in [2.45, 2.75) is 57.0 Å². The van der Waals surface area contributed by atoms with Gasteiger partial charge in [-0.25, -0.2) is 9.78 Å². The van der Waals surface area contributed by atoms with Gasteiger partial charge in [-0.2, -0.15) is 0 Å². The summed E-state index contributed by atoms with van der Waals surface area (Å²) in [6.07, 6.45) is 9.73. The van der Waals surface area contributed by atoms with Crippen molar-refractivity contribution in [1.82, 2.24) is 25.1 Å². The van der Waals surface area contributed by atoms with Crippen LogP contribution in [0.15, 0.2) is 12.4 Å². The van der Waals surface area contributed by atoms with Crippen LogP contribution >= 0.6 is 0 Å². The van der Waals surface area contributed by atoms with Crippen molar-refractivity contribution in [3.05, 3.63) is 18.2 Å². The summed E-state index contributed by atoms with van der Waals surface area (Å²) in [6.45, 7) is 2.40. The zero-order valence-electron chi connectivity index (χ0n) is 14.8. The largest absolute Gasteiger partial charge is 0.343 e. The van der Waals surface area contributed by atoms with E-state index in [1.807, 2.05) is 6.20 Å². The van der Waals surface area contributed by atoms with E-state index in [2.05, 4.69) is 26.4 Å². The Labute approximate surface area is 152 Å². The first-order valence-corrected chi connectivity index (χ1v) is 9.50. The number of imide groups is 1. The maximum atomic E-state index is 12.4. The summed E-state index contributed by atoms with van der Waals surface area (Å²) in [7, 11) is 0. The summed E-state index contributed by atoms with van der Waals surface area (Å²) in [5, 5.41) is 4.64. The highest BCUT2D eigenvalue weighted by molar-refractivity contribution is 6.05. The molecule has 1 atom stereocenters. The smallest absolute Gasteiger partial charge is 0.322 e. The van der Waals surface area contributed by atoms with Crippen LogP contribution in [0, 0.1) is 5.92 Å². The molecule has 4 amide bonds. The van der Waals surface area contributed by atoms with Gasteiger partial charge in [0.25, 0.3) is 5.91 Å². The fourth-order valence-electron chi connectivity index (χ4n) is 4.08. The molecule has 1 saturated carbocycles. The van der Waals surface area contributed by atoms with Gasteiger partial charge in [0.2, 0.25) is 5.91 Å². The number of nitrogens with one attached hydrogen (secondary N) is 2. The molecule has 2 aliphatic heterocycles. The zero-order valence-corrected chi connectivity index (χ0v) is 14.8. The molecule has 0 unspecified atom stereocenters. The second-order valence-corrected chi connectivity index (χ2v) is 7.61. The van der Waals surface area contributed by atoms with Crippen LogP contribution in [-0.2, 0) is 16.1 Å². The molecule has 2 saturated heterocycles. The monoisotopic (exact) mass is 359 g/mol. The molecule has 0 bridgehead atoms. The van der Waals surface area contributed by atoms with Crippen LogP contribution in [0.25, 0.3) is 0 Å². The molecular weight excluding hydrogens is 334 g/mol. The molecular formula is C18H25N5O3. The van der Waals surface area contributed by atoms with Gasteiger partial charge in [-0.3, -0.25) is 14.9 Å². The van der Waals surface area contributed by atoms with E-state index in [9.17, 15) is 14.4 Å². The SMILES string of the molecule is O=C1NC(=O)[C@@H](CC(=O)N2CCC(c3nccn3CC3CCC3)CC2)N1. The minimum absolute atomic E-state index is 0.0263. The minimum atomic E-state index is -0.742. The topological polar surface area (TPSA) is 96.3 Å². The maximum absolute atomic E-state index is 12.4. The Morgan fingerprint density at radius 1 is 1.19 bits per heavy atom. The summed E-state index contributed by atoms with van der Waals surface area (Å²) in [5.41, 5.74) is 0. The van der Waals surface area contributed by atoms with Crippen LogP contribution in [0.5, 0.6) is 0 Å². The van der Waals surface area contributed by atoms with Crippen molar-refractivity contribution in [3.8, 4) is 0 Å². The Balaban J connectivity index is 1.30. The van der Waals surface area contributed by atoms with Gasteiger partial charge in [-0.05, 0) is 31.6 Å². The second kappa shape index (κ2) is 7.09. The van der Waals surface area contributed by atoms with Crippen molar-refractivity contribution in [2.75, 3.05) is 13.1 Å². The molecule has 140 valence electrons. The molecule has 3 heterocycles. The molecule has 2 N–H and O–H groups in total. The Morgan fingerprint density at radius 2 is 1.96 bits per heavy atom. The summed E-state index contributed by atoms with van der Waals surface area (Å²) in [6, 6.07) is -1.26. The van der Waals surface area contributed by atoms with Crippen LogP contribution in [0.1, 0.15) is 50.3 Å². The highest BCUT2D eigenvalue weighted by atomic mass is 16.2. The summed E-state index contributed by atoms with van der Waals surface area (Å²) in [4.78, 5) is 41.6. The van der Waals surface area contributed by atoms with Gasteiger partial charge in [0.15, 0.2) is 0 Å². The highest BCUT2D eigenvalue weighted by Gasteiger charge is 2.34. The lowest BCUT2D eigenvalue weighted by Crippen LogP contribution is -2.42. The van der Waals surface area contributed by atoms with Gasteiger partial charge in [-0.15, -0.1) is 0 Å². The summed E-state index contributed by atoms with van der Waals surface area (Å²) >= 11 is 0. The predicted molar refractivity (Wildman–Crippen MR) is 93.2 cm³/mol. The van der Waals surface area contributed by atoms with Crippen LogP contribution < -0.4 is 10.6 Å². The number of hydrogen-bond donors (Lipinski definition) is 2. The highest BCUT2D eigenvalue weighted by Crippen LogP contribution is 2.31.